The second-order valence-electron chi connectivity index (χ2n) is 4.47. The Balaban J connectivity index is 1.91. The Morgan fingerprint density at radius 2 is 2.22 bits per heavy atom. The minimum absolute atomic E-state index is 0.202. The molecule has 90 valence electrons. The molecule has 1 saturated carbocycles. The van der Waals surface area contributed by atoms with Gasteiger partial charge in [0, 0.05) is 12.1 Å². The first kappa shape index (κ1) is 9.58. The lowest BCUT2D eigenvalue weighted by atomic mass is 10.3. The number of nitrogens with one attached hydrogen (secondary N) is 1. The van der Waals surface area contributed by atoms with E-state index in [-0.39, 0.29) is 5.95 Å². The van der Waals surface area contributed by atoms with Crippen LogP contribution in [0.4, 0.5) is 5.95 Å². The fourth-order valence-electron chi connectivity index (χ4n) is 2.05. The lowest BCUT2D eigenvalue weighted by molar-refractivity contribution is 0.816. The Kier molecular flexibility index (Phi) is 1.75. The van der Waals surface area contributed by atoms with Gasteiger partial charge in [0.05, 0.1) is 12.0 Å². The molecule has 0 aromatic carbocycles. The highest BCUT2D eigenvalue weighted by Crippen LogP contribution is 2.39. The van der Waals surface area contributed by atoms with Crippen LogP contribution in [0.5, 0.6) is 0 Å². The largest absolute Gasteiger partial charge is 0.368 e. The quantitative estimate of drug-likeness (QED) is 0.697. The number of anilines is 1. The molecule has 0 aliphatic heterocycles. The van der Waals surface area contributed by atoms with E-state index < -0.39 is 0 Å². The SMILES string of the molecule is Nc1nc(-n2ccc(C3CC3)n2)c2[nH]cnc2n1. The summed E-state index contributed by atoms with van der Waals surface area (Å²) in [6.07, 6.45) is 5.92. The maximum Gasteiger partial charge on any atom is 0.224 e. The van der Waals surface area contributed by atoms with Gasteiger partial charge in [-0.25, -0.2) is 9.67 Å². The number of aromatic amines is 1. The normalized spacial score (nSPS) is 15.3. The number of hydrogen-bond donors (Lipinski definition) is 2. The van der Waals surface area contributed by atoms with Crippen molar-refractivity contribution in [2.75, 3.05) is 5.73 Å². The lowest BCUT2D eigenvalue weighted by Gasteiger charge is -2.02. The van der Waals surface area contributed by atoms with Crippen molar-refractivity contribution in [1.29, 1.82) is 0 Å². The van der Waals surface area contributed by atoms with Gasteiger partial charge in [0.15, 0.2) is 11.5 Å². The maximum absolute atomic E-state index is 5.68. The molecule has 0 unspecified atom stereocenters. The number of imidazole rings is 1. The van der Waals surface area contributed by atoms with Crippen LogP contribution < -0.4 is 5.73 Å². The second kappa shape index (κ2) is 3.28. The summed E-state index contributed by atoms with van der Waals surface area (Å²) in [5.74, 6) is 1.46. The molecule has 3 aromatic rings. The van der Waals surface area contributed by atoms with E-state index in [0.717, 1.165) is 11.2 Å². The summed E-state index contributed by atoms with van der Waals surface area (Å²) in [6, 6.07) is 2.03. The van der Waals surface area contributed by atoms with Crippen molar-refractivity contribution < 1.29 is 0 Å². The highest BCUT2D eigenvalue weighted by atomic mass is 15.3. The van der Waals surface area contributed by atoms with Crippen LogP contribution in [0, 0.1) is 0 Å². The number of H-pyrrole nitrogens is 1. The summed E-state index contributed by atoms with van der Waals surface area (Å²) in [5.41, 5.74) is 8.10. The van der Waals surface area contributed by atoms with Crippen molar-refractivity contribution in [1.82, 2.24) is 29.7 Å². The molecule has 7 heteroatoms. The van der Waals surface area contributed by atoms with Crippen molar-refractivity contribution in [2.45, 2.75) is 18.8 Å². The van der Waals surface area contributed by atoms with Crippen LogP contribution in [0.3, 0.4) is 0 Å². The zero-order valence-electron chi connectivity index (χ0n) is 9.54. The van der Waals surface area contributed by atoms with Gasteiger partial charge in [-0.2, -0.15) is 15.1 Å². The minimum Gasteiger partial charge on any atom is -0.368 e. The predicted octanol–water partition coefficient (Wildman–Crippen LogP) is 0.998. The van der Waals surface area contributed by atoms with Crippen molar-refractivity contribution in [3.8, 4) is 5.82 Å². The van der Waals surface area contributed by atoms with Gasteiger partial charge < -0.3 is 10.7 Å². The van der Waals surface area contributed by atoms with E-state index in [1.54, 1.807) is 11.0 Å². The molecular weight excluding hydrogens is 230 g/mol. The zero-order valence-corrected chi connectivity index (χ0v) is 9.54. The van der Waals surface area contributed by atoms with Crippen molar-refractivity contribution in [3.63, 3.8) is 0 Å². The third kappa shape index (κ3) is 1.37. The molecule has 18 heavy (non-hydrogen) atoms. The number of nitrogen functional groups attached to an aromatic ring is 1. The number of aromatic nitrogens is 6. The van der Waals surface area contributed by atoms with E-state index in [0.29, 0.717) is 17.4 Å². The molecule has 0 amide bonds. The Morgan fingerprint density at radius 3 is 3.06 bits per heavy atom. The summed E-state index contributed by atoms with van der Waals surface area (Å²) >= 11 is 0. The molecular formula is C11H11N7. The number of rotatable bonds is 2. The highest BCUT2D eigenvalue weighted by molar-refractivity contribution is 5.78. The molecule has 7 nitrogen and oxygen atoms in total. The number of fused-ring (bicyclic) bond motifs is 1. The number of hydrogen-bond acceptors (Lipinski definition) is 5. The van der Waals surface area contributed by atoms with Crippen LogP contribution in [0.1, 0.15) is 24.5 Å². The number of nitrogens with two attached hydrogens (primary N) is 1. The van der Waals surface area contributed by atoms with Crippen LogP contribution in [-0.4, -0.2) is 29.7 Å². The molecule has 0 radical (unpaired) electrons. The van der Waals surface area contributed by atoms with Crippen LogP contribution in [0.15, 0.2) is 18.6 Å². The van der Waals surface area contributed by atoms with Gasteiger partial charge in [-0.3, -0.25) is 0 Å². The Morgan fingerprint density at radius 1 is 1.33 bits per heavy atom. The molecule has 3 heterocycles. The third-order valence-corrected chi connectivity index (χ3v) is 3.11. The van der Waals surface area contributed by atoms with Crippen molar-refractivity contribution >= 4 is 17.1 Å². The molecule has 0 atom stereocenters. The van der Waals surface area contributed by atoms with E-state index in [1.165, 1.54) is 12.8 Å². The molecule has 1 fully saturated rings. The van der Waals surface area contributed by atoms with Crippen LogP contribution in [0.25, 0.3) is 17.0 Å². The summed E-state index contributed by atoms with van der Waals surface area (Å²) in [6.45, 7) is 0. The summed E-state index contributed by atoms with van der Waals surface area (Å²) in [5, 5.41) is 4.54. The van der Waals surface area contributed by atoms with Crippen LogP contribution >= 0.6 is 0 Å². The second-order valence-corrected chi connectivity index (χ2v) is 4.47. The number of nitrogens with zero attached hydrogens (tertiary/aromatic N) is 5. The van der Waals surface area contributed by atoms with Crippen molar-refractivity contribution in [3.05, 3.63) is 24.3 Å². The topological polar surface area (TPSA) is 98.3 Å². The van der Waals surface area contributed by atoms with Gasteiger partial charge in [0.25, 0.3) is 0 Å². The smallest absolute Gasteiger partial charge is 0.224 e. The highest BCUT2D eigenvalue weighted by Gasteiger charge is 2.26. The maximum atomic E-state index is 5.68. The average Bonchev–Trinajstić information content (AvgIpc) is 2.91. The molecule has 0 saturated heterocycles. The van der Waals surface area contributed by atoms with Crippen LogP contribution in [-0.2, 0) is 0 Å². The van der Waals surface area contributed by atoms with E-state index in [4.69, 9.17) is 5.73 Å². The van der Waals surface area contributed by atoms with Gasteiger partial charge >= 0.3 is 0 Å². The monoisotopic (exact) mass is 241 g/mol. The minimum atomic E-state index is 0.202. The molecule has 0 bridgehead atoms. The van der Waals surface area contributed by atoms with Gasteiger partial charge in [0.1, 0.15) is 5.52 Å². The standard InChI is InChI=1S/C11H11N7/c12-11-15-9-8(13-5-14-9)10(16-11)18-4-3-7(17-18)6-1-2-6/h3-6H,1-2H2,(H3,12,13,14,15,16). The molecule has 4 rings (SSSR count). The molecule has 1 aliphatic carbocycles. The lowest BCUT2D eigenvalue weighted by Crippen LogP contribution is -2.05. The van der Waals surface area contributed by atoms with Gasteiger partial charge in [-0.15, -0.1) is 0 Å². The summed E-state index contributed by atoms with van der Waals surface area (Å²) in [7, 11) is 0. The fraction of sp³-hybridized carbons (Fsp3) is 0.273. The Hall–Kier alpha value is -2.44. The van der Waals surface area contributed by atoms with E-state index in [2.05, 4.69) is 25.0 Å². The van der Waals surface area contributed by atoms with E-state index >= 15 is 0 Å². The Labute approximate surface area is 102 Å². The predicted molar refractivity (Wildman–Crippen MR) is 65.2 cm³/mol. The van der Waals surface area contributed by atoms with E-state index in [1.807, 2.05) is 12.3 Å². The average molecular weight is 241 g/mol. The first-order valence-electron chi connectivity index (χ1n) is 5.84. The first-order chi connectivity index (χ1) is 8.81. The van der Waals surface area contributed by atoms with Crippen molar-refractivity contribution in [2.24, 2.45) is 0 Å². The summed E-state index contributed by atoms with van der Waals surface area (Å²) in [4.78, 5) is 15.4. The molecule has 0 spiro atoms. The van der Waals surface area contributed by atoms with E-state index in [9.17, 15) is 0 Å². The zero-order chi connectivity index (χ0) is 12.1. The fourth-order valence-corrected chi connectivity index (χ4v) is 2.05. The first-order valence-corrected chi connectivity index (χ1v) is 5.84. The molecule has 3 aromatic heterocycles. The molecule has 3 N–H and O–H groups in total. The van der Waals surface area contributed by atoms with Gasteiger partial charge in [-0.1, -0.05) is 0 Å². The third-order valence-electron chi connectivity index (χ3n) is 3.11. The van der Waals surface area contributed by atoms with Gasteiger partial charge in [0.2, 0.25) is 5.95 Å². The van der Waals surface area contributed by atoms with Gasteiger partial charge in [-0.05, 0) is 18.9 Å². The van der Waals surface area contributed by atoms with Crippen LogP contribution in [0.2, 0.25) is 0 Å². The Bertz CT molecular complexity index is 722. The summed E-state index contributed by atoms with van der Waals surface area (Å²) < 4.78 is 1.73. The molecule has 1 aliphatic rings.